The molecule has 0 spiro atoms. The molecule has 2 aliphatic heterocycles. The van der Waals surface area contributed by atoms with Crippen molar-refractivity contribution < 1.29 is 14.3 Å². The minimum atomic E-state index is 0. The van der Waals surface area contributed by atoms with Gasteiger partial charge in [0.1, 0.15) is 5.75 Å². The number of benzene rings is 1. The van der Waals surface area contributed by atoms with Crippen LogP contribution in [0.2, 0.25) is 0 Å². The van der Waals surface area contributed by atoms with E-state index in [-0.39, 0.29) is 36.5 Å². The highest BCUT2D eigenvalue weighted by molar-refractivity contribution is 14.0. The second kappa shape index (κ2) is 12.2. The molecule has 0 bridgehead atoms. The summed E-state index contributed by atoms with van der Waals surface area (Å²) in [5, 5.41) is 3.40. The second-order valence-corrected chi connectivity index (χ2v) is 7.15. The van der Waals surface area contributed by atoms with Gasteiger partial charge in [-0.3, -0.25) is 9.79 Å². The number of halogens is 1. The molecule has 1 unspecified atom stereocenters. The lowest BCUT2D eigenvalue weighted by Crippen LogP contribution is -2.41. The summed E-state index contributed by atoms with van der Waals surface area (Å²) in [5.41, 5.74) is 0.855. The van der Waals surface area contributed by atoms with Crippen molar-refractivity contribution in [2.24, 2.45) is 10.9 Å². The van der Waals surface area contributed by atoms with Crippen LogP contribution < -0.4 is 15.0 Å². The van der Waals surface area contributed by atoms with E-state index in [1.807, 2.05) is 36.1 Å². The number of carbonyl (C=O) groups is 1. The highest BCUT2D eigenvalue weighted by Crippen LogP contribution is 2.31. The number of guanidine groups is 1. The molecule has 1 saturated heterocycles. The van der Waals surface area contributed by atoms with E-state index in [1.165, 1.54) is 0 Å². The van der Waals surface area contributed by atoms with Crippen molar-refractivity contribution in [2.45, 2.75) is 26.7 Å². The Hall–Kier alpha value is -1.55. The van der Waals surface area contributed by atoms with E-state index >= 15 is 0 Å². The summed E-state index contributed by atoms with van der Waals surface area (Å²) in [5.74, 6) is 2.32. The maximum absolute atomic E-state index is 12.3. The molecule has 1 fully saturated rings. The molecule has 29 heavy (non-hydrogen) atoms. The Morgan fingerprint density at radius 1 is 1.34 bits per heavy atom. The summed E-state index contributed by atoms with van der Waals surface area (Å²) in [4.78, 5) is 21.2. The average Bonchev–Trinajstić information content (AvgIpc) is 3.19. The first-order valence-corrected chi connectivity index (χ1v) is 10.4. The van der Waals surface area contributed by atoms with Crippen molar-refractivity contribution >= 4 is 41.5 Å². The van der Waals surface area contributed by atoms with Gasteiger partial charge >= 0.3 is 0 Å². The highest BCUT2D eigenvalue weighted by Gasteiger charge is 2.26. The van der Waals surface area contributed by atoms with Gasteiger partial charge in [-0.1, -0.05) is 12.1 Å². The third kappa shape index (κ3) is 6.47. The number of likely N-dealkylation sites (tertiary alicyclic amines) is 1. The molecule has 162 valence electrons. The molecule has 1 aromatic rings. The highest BCUT2D eigenvalue weighted by atomic mass is 127. The van der Waals surface area contributed by atoms with Gasteiger partial charge in [0.15, 0.2) is 12.6 Å². The molecule has 3 rings (SSSR count). The third-order valence-corrected chi connectivity index (χ3v) is 5.09. The molecule has 2 aliphatic rings. The Labute approximate surface area is 190 Å². The molecule has 1 aromatic carbocycles. The van der Waals surface area contributed by atoms with E-state index in [4.69, 9.17) is 14.5 Å². The molecule has 1 atom stereocenters. The van der Waals surface area contributed by atoms with Gasteiger partial charge in [-0.15, -0.1) is 24.0 Å². The van der Waals surface area contributed by atoms with E-state index in [0.717, 1.165) is 63.1 Å². The van der Waals surface area contributed by atoms with Crippen LogP contribution in [0.3, 0.4) is 0 Å². The molecular formula is C21H33IN4O3. The number of nitrogens with zero attached hydrogens (tertiary/aromatic N) is 3. The summed E-state index contributed by atoms with van der Waals surface area (Å²) in [6.45, 7) is 10.0. The zero-order chi connectivity index (χ0) is 19.8. The number of nitrogens with one attached hydrogen (secondary N) is 1. The van der Waals surface area contributed by atoms with Crippen molar-refractivity contribution in [3.63, 3.8) is 0 Å². The van der Waals surface area contributed by atoms with Gasteiger partial charge in [0.05, 0.1) is 12.3 Å². The van der Waals surface area contributed by atoms with Crippen LogP contribution in [0.15, 0.2) is 29.3 Å². The summed E-state index contributed by atoms with van der Waals surface area (Å²) in [7, 11) is 0. The van der Waals surface area contributed by atoms with Gasteiger partial charge in [-0.05, 0) is 38.8 Å². The molecule has 0 aromatic heterocycles. The lowest BCUT2D eigenvalue weighted by atomic mass is 10.1. The van der Waals surface area contributed by atoms with Gasteiger partial charge < -0.3 is 24.6 Å². The van der Waals surface area contributed by atoms with E-state index in [0.29, 0.717) is 19.0 Å². The van der Waals surface area contributed by atoms with Crippen LogP contribution in [0.4, 0.5) is 5.69 Å². The van der Waals surface area contributed by atoms with E-state index in [1.54, 1.807) is 0 Å². The molecule has 1 amide bonds. The Bertz CT molecular complexity index is 686. The largest absolute Gasteiger partial charge is 0.482 e. The SMILES string of the molecule is CCNC(=NCCCN1C(=O)COc2ccccc21)N1CCC(COCC)C1.I. The van der Waals surface area contributed by atoms with Crippen LogP contribution in [0.5, 0.6) is 5.75 Å². The molecule has 0 aliphatic carbocycles. The predicted octanol–water partition coefficient (Wildman–Crippen LogP) is 2.74. The van der Waals surface area contributed by atoms with Crippen molar-refractivity contribution in [3.8, 4) is 5.75 Å². The number of amides is 1. The first-order chi connectivity index (χ1) is 13.7. The van der Waals surface area contributed by atoms with Crippen LogP contribution in [0.1, 0.15) is 26.7 Å². The Kier molecular flexibility index (Phi) is 9.99. The molecule has 2 heterocycles. The normalized spacial score (nSPS) is 18.9. The molecule has 1 N–H and O–H groups in total. The van der Waals surface area contributed by atoms with Gasteiger partial charge in [-0.25, -0.2) is 0 Å². The van der Waals surface area contributed by atoms with Crippen molar-refractivity contribution in [1.29, 1.82) is 0 Å². The van der Waals surface area contributed by atoms with Crippen LogP contribution in [0, 0.1) is 5.92 Å². The second-order valence-electron chi connectivity index (χ2n) is 7.15. The maximum Gasteiger partial charge on any atom is 0.265 e. The zero-order valence-corrected chi connectivity index (χ0v) is 19.8. The number of para-hydroxylation sites is 2. The third-order valence-electron chi connectivity index (χ3n) is 5.09. The van der Waals surface area contributed by atoms with Crippen LogP contribution in [0.25, 0.3) is 0 Å². The lowest BCUT2D eigenvalue weighted by molar-refractivity contribution is -0.121. The van der Waals surface area contributed by atoms with Crippen LogP contribution in [-0.4, -0.2) is 69.3 Å². The number of hydrogen-bond donors (Lipinski definition) is 1. The molecule has 7 nitrogen and oxygen atoms in total. The fraction of sp³-hybridized carbons (Fsp3) is 0.619. The maximum atomic E-state index is 12.3. The first kappa shape index (κ1) is 23.7. The number of rotatable bonds is 8. The standard InChI is InChI=1S/C21H32N4O3.HI/c1-3-22-21(24-13-10-17(14-24)15-27-4-2)23-11-7-12-25-18-8-5-6-9-19(18)28-16-20(25)26;/h5-6,8-9,17H,3-4,7,10-16H2,1-2H3,(H,22,23);1H. The van der Waals surface area contributed by atoms with E-state index < -0.39 is 0 Å². The number of carbonyl (C=O) groups excluding carboxylic acids is 1. The summed E-state index contributed by atoms with van der Waals surface area (Å²) in [6, 6.07) is 7.70. The monoisotopic (exact) mass is 516 g/mol. The first-order valence-electron chi connectivity index (χ1n) is 10.4. The summed E-state index contributed by atoms with van der Waals surface area (Å²) >= 11 is 0. The summed E-state index contributed by atoms with van der Waals surface area (Å²) in [6.07, 6.45) is 1.95. The van der Waals surface area contributed by atoms with Gasteiger partial charge in [0.2, 0.25) is 0 Å². The van der Waals surface area contributed by atoms with Gasteiger partial charge in [-0.2, -0.15) is 0 Å². The minimum Gasteiger partial charge on any atom is -0.482 e. The number of hydrogen-bond acceptors (Lipinski definition) is 4. The van der Waals surface area contributed by atoms with Gasteiger partial charge in [0, 0.05) is 45.2 Å². The number of fused-ring (bicyclic) bond motifs is 1. The average molecular weight is 516 g/mol. The van der Waals surface area contributed by atoms with Crippen molar-refractivity contribution in [1.82, 2.24) is 10.2 Å². The Morgan fingerprint density at radius 3 is 2.97 bits per heavy atom. The molecular weight excluding hydrogens is 483 g/mol. The molecule has 8 heteroatoms. The number of aliphatic imine (C=N–C) groups is 1. The number of ether oxygens (including phenoxy) is 2. The van der Waals surface area contributed by atoms with Crippen molar-refractivity contribution in [3.05, 3.63) is 24.3 Å². The van der Waals surface area contributed by atoms with E-state index in [9.17, 15) is 4.79 Å². The molecule has 0 saturated carbocycles. The molecule has 0 radical (unpaired) electrons. The topological polar surface area (TPSA) is 66.4 Å². The minimum absolute atomic E-state index is 0. The van der Waals surface area contributed by atoms with Gasteiger partial charge in [0.25, 0.3) is 5.91 Å². The van der Waals surface area contributed by atoms with Crippen LogP contribution in [-0.2, 0) is 9.53 Å². The quantitative estimate of drug-likeness (QED) is 0.249. The van der Waals surface area contributed by atoms with E-state index in [2.05, 4.69) is 17.1 Å². The van der Waals surface area contributed by atoms with Crippen molar-refractivity contribution in [2.75, 3.05) is 57.4 Å². The lowest BCUT2D eigenvalue weighted by Gasteiger charge is -2.29. The fourth-order valence-electron chi connectivity index (χ4n) is 3.68. The Balaban J connectivity index is 0.00000300. The number of anilines is 1. The van der Waals surface area contributed by atoms with Crippen LogP contribution >= 0.6 is 24.0 Å². The fourth-order valence-corrected chi connectivity index (χ4v) is 3.68. The summed E-state index contributed by atoms with van der Waals surface area (Å²) < 4.78 is 11.1. The predicted molar refractivity (Wildman–Crippen MR) is 126 cm³/mol. The smallest absolute Gasteiger partial charge is 0.265 e. The Morgan fingerprint density at radius 2 is 2.17 bits per heavy atom. The zero-order valence-electron chi connectivity index (χ0n) is 17.4.